The predicted molar refractivity (Wildman–Crippen MR) is 97.0 cm³/mol. The zero-order valence-electron chi connectivity index (χ0n) is 16.1. The Bertz CT molecular complexity index is 439. The molecule has 146 valence electrons. The van der Waals surface area contributed by atoms with E-state index in [1.165, 1.54) is 0 Å². The first-order valence-electron chi connectivity index (χ1n) is 8.90. The minimum atomic E-state index is -0.849. The second-order valence-corrected chi connectivity index (χ2v) is 7.80. The van der Waals surface area contributed by atoms with Gasteiger partial charge in [-0.1, -0.05) is 0 Å². The molecule has 0 aliphatic carbocycles. The molecule has 8 heteroatoms. The van der Waals surface area contributed by atoms with E-state index in [0.717, 1.165) is 26.2 Å². The first-order valence-corrected chi connectivity index (χ1v) is 8.90. The highest BCUT2D eigenvalue weighted by molar-refractivity contribution is 5.69. The van der Waals surface area contributed by atoms with E-state index in [-0.39, 0.29) is 18.6 Å². The van der Waals surface area contributed by atoms with Gasteiger partial charge in [-0.25, -0.2) is 0 Å². The molecule has 0 radical (unpaired) electrons. The Morgan fingerprint density at radius 1 is 0.760 bits per heavy atom. The largest absolute Gasteiger partial charge is 0.480 e. The van der Waals surface area contributed by atoms with Crippen molar-refractivity contribution < 1.29 is 19.8 Å². The minimum absolute atomic E-state index is 0.0110. The monoisotopic (exact) mass is 358 g/mol. The van der Waals surface area contributed by atoms with Gasteiger partial charge in [0, 0.05) is 57.9 Å². The summed E-state index contributed by atoms with van der Waals surface area (Å²) in [6, 6.07) is 0. The summed E-state index contributed by atoms with van der Waals surface area (Å²) < 4.78 is 0. The molecule has 0 amide bonds. The first kappa shape index (κ1) is 21.8. The Labute approximate surface area is 151 Å². The van der Waals surface area contributed by atoms with E-state index in [1.54, 1.807) is 0 Å². The highest BCUT2D eigenvalue weighted by Crippen LogP contribution is 2.13. The SMILES string of the molecule is CN1CCN(CC(=O)O)CCN(CC(=O)O)CCN(C(C)(C)C)CC1. The van der Waals surface area contributed by atoms with Crippen molar-refractivity contribution in [2.45, 2.75) is 26.3 Å². The molecule has 0 aromatic carbocycles. The number of carbonyl (C=O) groups is 2. The molecule has 2 N–H and O–H groups in total. The van der Waals surface area contributed by atoms with Crippen LogP contribution in [0.5, 0.6) is 0 Å². The first-order chi connectivity index (χ1) is 11.6. The number of nitrogens with zero attached hydrogens (tertiary/aromatic N) is 4. The molecule has 25 heavy (non-hydrogen) atoms. The summed E-state index contributed by atoms with van der Waals surface area (Å²) in [7, 11) is 2.06. The quantitative estimate of drug-likeness (QED) is 0.715. The molecule has 0 aromatic rings. The molecule has 0 aromatic heterocycles. The number of aliphatic carboxylic acids is 2. The van der Waals surface area contributed by atoms with Crippen molar-refractivity contribution in [3.8, 4) is 0 Å². The highest BCUT2D eigenvalue weighted by Gasteiger charge is 2.23. The maximum atomic E-state index is 11.2. The van der Waals surface area contributed by atoms with E-state index in [2.05, 4.69) is 37.6 Å². The van der Waals surface area contributed by atoms with Gasteiger partial charge < -0.3 is 15.1 Å². The van der Waals surface area contributed by atoms with Crippen LogP contribution in [0, 0.1) is 0 Å². The number of carboxylic acid groups (broad SMARTS) is 2. The molecule has 8 nitrogen and oxygen atoms in total. The summed E-state index contributed by atoms with van der Waals surface area (Å²) in [6.07, 6.45) is 0. The molecule has 0 bridgehead atoms. The van der Waals surface area contributed by atoms with Gasteiger partial charge in [-0.2, -0.15) is 0 Å². The van der Waals surface area contributed by atoms with Crippen LogP contribution < -0.4 is 0 Å². The van der Waals surface area contributed by atoms with E-state index >= 15 is 0 Å². The number of likely N-dealkylation sites (N-methyl/N-ethyl adjacent to an activating group) is 1. The molecule has 1 aliphatic rings. The summed E-state index contributed by atoms with van der Waals surface area (Å²) in [5, 5.41) is 18.2. The van der Waals surface area contributed by atoms with Crippen LogP contribution in [0.3, 0.4) is 0 Å². The van der Waals surface area contributed by atoms with Gasteiger partial charge in [-0.05, 0) is 27.8 Å². The summed E-state index contributed by atoms with van der Waals surface area (Å²) in [4.78, 5) is 30.6. The fourth-order valence-electron chi connectivity index (χ4n) is 2.97. The Morgan fingerprint density at radius 3 is 1.56 bits per heavy atom. The van der Waals surface area contributed by atoms with Crippen LogP contribution in [0.25, 0.3) is 0 Å². The van der Waals surface area contributed by atoms with Gasteiger partial charge in [0.1, 0.15) is 0 Å². The lowest BCUT2D eigenvalue weighted by Crippen LogP contribution is -2.51. The van der Waals surface area contributed by atoms with E-state index in [9.17, 15) is 9.59 Å². The molecule has 1 fully saturated rings. The molecule has 1 aliphatic heterocycles. The normalized spacial score (nSPS) is 21.4. The van der Waals surface area contributed by atoms with Crippen molar-refractivity contribution in [2.75, 3.05) is 72.5 Å². The Balaban J connectivity index is 2.82. The van der Waals surface area contributed by atoms with Gasteiger partial charge in [0.05, 0.1) is 13.1 Å². The maximum Gasteiger partial charge on any atom is 0.317 e. The molecule has 0 atom stereocenters. The van der Waals surface area contributed by atoms with Crippen LogP contribution in [0.1, 0.15) is 20.8 Å². The van der Waals surface area contributed by atoms with Gasteiger partial charge in [0.15, 0.2) is 0 Å². The zero-order chi connectivity index (χ0) is 19.0. The summed E-state index contributed by atoms with van der Waals surface area (Å²) in [5.41, 5.74) is 0.0230. The number of carboxylic acids is 2. The Kier molecular flexibility index (Phi) is 8.78. The number of hydrogen-bond acceptors (Lipinski definition) is 6. The van der Waals surface area contributed by atoms with E-state index in [1.807, 2.05) is 9.80 Å². The highest BCUT2D eigenvalue weighted by atomic mass is 16.4. The molecule has 1 heterocycles. The van der Waals surface area contributed by atoms with Crippen molar-refractivity contribution in [1.29, 1.82) is 0 Å². The standard InChI is InChI=1S/C17H34N4O4/c1-17(2,3)21-11-6-18(4)5-7-19(13-15(22)23)8-9-20(10-12-21)14-16(24)25/h5-14H2,1-4H3,(H,22,23)(H,24,25). The molecular formula is C17H34N4O4. The molecule has 1 saturated heterocycles. The van der Waals surface area contributed by atoms with Crippen molar-refractivity contribution >= 4 is 11.9 Å². The van der Waals surface area contributed by atoms with Gasteiger partial charge in [0.2, 0.25) is 0 Å². The smallest absolute Gasteiger partial charge is 0.317 e. The third kappa shape index (κ3) is 9.15. The van der Waals surface area contributed by atoms with Crippen molar-refractivity contribution in [1.82, 2.24) is 19.6 Å². The van der Waals surface area contributed by atoms with Crippen LogP contribution in [-0.2, 0) is 9.59 Å². The second kappa shape index (κ2) is 10.1. The number of rotatable bonds is 4. The van der Waals surface area contributed by atoms with Crippen molar-refractivity contribution in [2.24, 2.45) is 0 Å². The molecule has 1 rings (SSSR count). The van der Waals surface area contributed by atoms with Crippen LogP contribution in [0.15, 0.2) is 0 Å². The van der Waals surface area contributed by atoms with Crippen molar-refractivity contribution in [3.63, 3.8) is 0 Å². The predicted octanol–water partition coefficient (Wildman–Crippen LogP) is -0.194. The van der Waals surface area contributed by atoms with Crippen molar-refractivity contribution in [3.05, 3.63) is 0 Å². The van der Waals surface area contributed by atoms with Crippen LogP contribution in [-0.4, -0.2) is 120 Å². The van der Waals surface area contributed by atoms with Gasteiger partial charge >= 0.3 is 11.9 Å². The fourth-order valence-corrected chi connectivity index (χ4v) is 2.97. The minimum Gasteiger partial charge on any atom is -0.480 e. The summed E-state index contributed by atoms with van der Waals surface area (Å²) in [6.45, 7) is 12.3. The molecule has 0 unspecified atom stereocenters. The molecular weight excluding hydrogens is 324 g/mol. The van der Waals surface area contributed by atoms with Crippen LogP contribution in [0.2, 0.25) is 0 Å². The average Bonchev–Trinajstić information content (AvgIpc) is 2.45. The lowest BCUT2D eigenvalue weighted by Gasteiger charge is -2.39. The van der Waals surface area contributed by atoms with E-state index < -0.39 is 11.9 Å². The lowest BCUT2D eigenvalue weighted by molar-refractivity contribution is -0.140. The third-order valence-corrected chi connectivity index (χ3v) is 4.63. The topological polar surface area (TPSA) is 87.6 Å². The summed E-state index contributed by atoms with van der Waals surface area (Å²) >= 11 is 0. The number of hydrogen-bond donors (Lipinski definition) is 2. The molecule has 0 spiro atoms. The van der Waals surface area contributed by atoms with E-state index in [4.69, 9.17) is 10.2 Å². The third-order valence-electron chi connectivity index (χ3n) is 4.63. The van der Waals surface area contributed by atoms with Gasteiger partial charge in [0.25, 0.3) is 0 Å². The second-order valence-electron chi connectivity index (χ2n) is 7.80. The van der Waals surface area contributed by atoms with E-state index in [0.29, 0.717) is 26.2 Å². The molecule has 0 saturated carbocycles. The summed E-state index contributed by atoms with van der Waals surface area (Å²) in [5.74, 6) is -1.70. The maximum absolute atomic E-state index is 11.2. The van der Waals surface area contributed by atoms with Gasteiger partial charge in [-0.15, -0.1) is 0 Å². The van der Waals surface area contributed by atoms with Crippen LogP contribution >= 0.6 is 0 Å². The Hall–Kier alpha value is -1.22. The lowest BCUT2D eigenvalue weighted by atomic mass is 10.1. The fraction of sp³-hybridized carbons (Fsp3) is 0.882. The Morgan fingerprint density at radius 2 is 1.12 bits per heavy atom. The zero-order valence-corrected chi connectivity index (χ0v) is 16.1. The average molecular weight is 358 g/mol. The van der Waals surface area contributed by atoms with Gasteiger partial charge in [-0.3, -0.25) is 24.3 Å². The van der Waals surface area contributed by atoms with Crippen LogP contribution in [0.4, 0.5) is 0 Å².